The van der Waals surface area contributed by atoms with Crippen molar-refractivity contribution >= 4 is 33.4 Å². The number of anilines is 1. The molecule has 2 N–H and O–H groups in total. The third-order valence-corrected chi connectivity index (χ3v) is 5.99. The molecule has 0 fully saturated rings. The lowest BCUT2D eigenvalue weighted by Gasteiger charge is -2.24. The van der Waals surface area contributed by atoms with Crippen LogP contribution in [0.4, 0.5) is 14.9 Å². The molecule has 0 spiro atoms. The van der Waals surface area contributed by atoms with Crippen LogP contribution in [0.3, 0.4) is 0 Å². The van der Waals surface area contributed by atoms with E-state index in [4.69, 9.17) is 0 Å². The minimum atomic E-state index is -4.05. The maximum Gasteiger partial charge on any atom is 0.328 e. The Morgan fingerprint density at radius 2 is 1.77 bits per heavy atom. The third kappa shape index (κ3) is 5.66. The molecule has 3 amide bonds. The van der Waals surface area contributed by atoms with Crippen LogP contribution < -0.4 is 15.0 Å². The largest absolute Gasteiger partial charge is 0.337 e. The number of hydrogen-bond donors (Lipinski definition) is 2. The van der Waals surface area contributed by atoms with Crippen molar-refractivity contribution in [2.75, 3.05) is 11.6 Å². The summed E-state index contributed by atoms with van der Waals surface area (Å²) in [4.78, 5) is 24.0. The Bertz CT molecular complexity index is 1080. The molecule has 2 aromatic carbocycles. The summed E-state index contributed by atoms with van der Waals surface area (Å²) in [5, 5.41) is 8.04. The van der Waals surface area contributed by atoms with E-state index in [0.717, 1.165) is 12.8 Å². The minimum absolute atomic E-state index is 0.117. The second-order valence-corrected chi connectivity index (χ2v) is 8.65. The molecular formula is C21H23FN4O4S. The first-order valence-corrected chi connectivity index (χ1v) is 11.4. The van der Waals surface area contributed by atoms with Gasteiger partial charge in [0.1, 0.15) is 5.82 Å². The number of hydrazone groups is 1. The second-order valence-electron chi connectivity index (χ2n) is 6.97. The zero-order chi connectivity index (χ0) is 22.4. The number of benzene rings is 2. The first-order chi connectivity index (χ1) is 14.8. The molecule has 31 heavy (non-hydrogen) atoms. The average molecular weight is 447 g/mol. The zero-order valence-electron chi connectivity index (χ0n) is 17.0. The maximum atomic E-state index is 13.2. The summed E-state index contributed by atoms with van der Waals surface area (Å²) in [6, 6.07) is 10.5. The van der Waals surface area contributed by atoms with Crippen molar-refractivity contribution in [1.29, 1.82) is 0 Å². The van der Waals surface area contributed by atoms with E-state index in [9.17, 15) is 22.4 Å². The van der Waals surface area contributed by atoms with Gasteiger partial charge in [-0.2, -0.15) is 5.10 Å². The fourth-order valence-corrected chi connectivity index (χ4v) is 3.89. The highest BCUT2D eigenvalue weighted by atomic mass is 32.2. The molecule has 10 heteroatoms. The molecule has 2 aromatic rings. The first kappa shape index (κ1) is 22.4. The van der Waals surface area contributed by atoms with Crippen molar-refractivity contribution in [3.05, 3.63) is 59.9 Å². The van der Waals surface area contributed by atoms with Gasteiger partial charge in [-0.1, -0.05) is 25.5 Å². The van der Waals surface area contributed by atoms with Crippen LogP contribution in [0.5, 0.6) is 0 Å². The molecular weight excluding hydrogens is 423 g/mol. The predicted molar refractivity (Wildman–Crippen MR) is 115 cm³/mol. The van der Waals surface area contributed by atoms with Gasteiger partial charge < -0.3 is 5.32 Å². The normalized spacial score (nSPS) is 14.2. The van der Waals surface area contributed by atoms with E-state index in [0.29, 0.717) is 29.9 Å². The van der Waals surface area contributed by atoms with Gasteiger partial charge >= 0.3 is 6.03 Å². The number of carbonyl (C=O) groups is 2. The molecule has 164 valence electrons. The van der Waals surface area contributed by atoms with Gasteiger partial charge in [-0.3, -0.25) is 4.79 Å². The van der Waals surface area contributed by atoms with Crippen LogP contribution in [0, 0.1) is 5.82 Å². The van der Waals surface area contributed by atoms with Crippen LogP contribution >= 0.6 is 0 Å². The maximum absolute atomic E-state index is 13.2. The van der Waals surface area contributed by atoms with Crippen molar-refractivity contribution in [1.82, 2.24) is 10.0 Å². The molecule has 8 nitrogen and oxygen atoms in total. The number of unbranched alkanes of at least 4 members (excludes halogenated alkanes) is 1. The lowest BCUT2D eigenvalue weighted by molar-refractivity contribution is -0.118. The van der Waals surface area contributed by atoms with Crippen LogP contribution in [0.25, 0.3) is 0 Å². The number of halogens is 1. The standard InChI is InChI=1S/C21H23FN4O4S/c1-2-3-14-23-21(28)25-31(29,30)18-10-8-17(9-11-18)26-20(27)13-12-19(24-26)15-4-6-16(22)7-5-15/h4-11H,2-3,12-14H2,1H3,(H2,23,25,28). The molecule has 0 aliphatic carbocycles. The lowest BCUT2D eigenvalue weighted by Crippen LogP contribution is -2.39. The van der Waals surface area contributed by atoms with Gasteiger partial charge in [-0.25, -0.2) is 27.3 Å². The molecule has 0 unspecified atom stereocenters. The molecule has 0 aromatic heterocycles. The number of rotatable bonds is 7. The van der Waals surface area contributed by atoms with Crippen molar-refractivity contribution < 1.29 is 22.4 Å². The van der Waals surface area contributed by atoms with Crippen molar-refractivity contribution in [2.24, 2.45) is 5.10 Å². The molecule has 0 saturated carbocycles. The summed E-state index contributed by atoms with van der Waals surface area (Å²) >= 11 is 0. The Balaban J connectivity index is 1.76. The number of hydrogen-bond acceptors (Lipinski definition) is 5. The Morgan fingerprint density at radius 3 is 2.42 bits per heavy atom. The number of amides is 3. The Labute approximate surface area is 180 Å². The molecule has 0 radical (unpaired) electrons. The van der Waals surface area contributed by atoms with Gasteiger partial charge in [0.2, 0.25) is 5.91 Å². The molecule has 0 saturated heterocycles. The van der Waals surface area contributed by atoms with Crippen molar-refractivity contribution in [3.63, 3.8) is 0 Å². The lowest BCUT2D eigenvalue weighted by atomic mass is 10.0. The SMILES string of the molecule is CCCCNC(=O)NS(=O)(=O)c1ccc(N2N=C(c3ccc(F)cc3)CCC2=O)cc1. The Kier molecular flexibility index (Phi) is 7.01. The van der Waals surface area contributed by atoms with Gasteiger partial charge in [0, 0.05) is 19.4 Å². The fourth-order valence-electron chi connectivity index (χ4n) is 2.97. The van der Waals surface area contributed by atoms with E-state index in [2.05, 4.69) is 10.4 Å². The second kappa shape index (κ2) is 9.69. The number of carbonyl (C=O) groups excluding carboxylic acids is 2. The first-order valence-electron chi connectivity index (χ1n) is 9.87. The monoisotopic (exact) mass is 446 g/mol. The van der Waals surface area contributed by atoms with Crippen LogP contribution in [0.2, 0.25) is 0 Å². The number of urea groups is 1. The average Bonchev–Trinajstić information content (AvgIpc) is 2.75. The third-order valence-electron chi connectivity index (χ3n) is 4.64. The van der Waals surface area contributed by atoms with Crippen LogP contribution in [0.15, 0.2) is 58.5 Å². The zero-order valence-corrected chi connectivity index (χ0v) is 17.8. The van der Waals surface area contributed by atoms with E-state index in [1.807, 2.05) is 11.6 Å². The highest BCUT2D eigenvalue weighted by molar-refractivity contribution is 7.90. The number of nitrogens with zero attached hydrogens (tertiary/aromatic N) is 2. The van der Waals surface area contributed by atoms with Crippen molar-refractivity contribution in [2.45, 2.75) is 37.5 Å². The summed E-state index contributed by atoms with van der Waals surface area (Å²) in [6.45, 7) is 2.33. The summed E-state index contributed by atoms with van der Waals surface area (Å²) in [5.74, 6) is -0.604. The molecule has 1 aliphatic rings. The van der Waals surface area contributed by atoms with Gasteiger partial charge in [0.05, 0.1) is 16.3 Å². The quantitative estimate of drug-likeness (QED) is 0.637. The summed E-state index contributed by atoms with van der Waals surface area (Å²) in [5.41, 5.74) is 1.72. The molecule has 1 heterocycles. The van der Waals surface area contributed by atoms with E-state index in [1.165, 1.54) is 41.4 Å². The van der Waals surface area contributed by atoms with Crippen LogP contribution in [-0.2, 0) is 14.8 Å². The topological polar surface area (TPSA) is 108 Å². The van der Waals surface area contributed by atoms with Gasteiger partial charge in [0.25, 0.3) is 10.0 Å². The highest BCUT2D eigenvalue weighted by Crippen LogP contribution is 2.24. The van der Waals surface area contributed by atoms with E-state index in [1.54, 1.807) is 12.1 Å². The van der Waals surface area contributed by atoms with Gasteiger partial charge in [0.15, 0.2) is 0 Å². The minimum Gasteiger partial charge on any atom is -0.337 e. The molecule has 0 atom stereocenters. The predicted octanol–water partition coefficient (Wildman–Crippen LogP) is 3.14. The van der Waals surface area contributed by atoms with Gasteiger partial charge in [-0.15, -0.1) is 0 Å². The molecule has 1 aliphatic heterocycles. The fraction of sp³-hybridized carbons (Fsp3) is 0.286. The Hall–Kier alpha value is -3.27. The van der Waals surface area contributed by atoms with Crippen molar-refractivity contribution in [3.8, 4) is 0 Å². The smallest absolute Gasteiger partial charge is 0.328 e. The van der Waals surface area contributed by atoms with Gasteiger partial charge in [-0.05, 0) is 48.4 Å². The number of sulfonamides is 1. The van der Waals surface area contributed by atoms with E-state index < -0.39 is 16.1 Å². The van der Waals surface area contributed by atoms with E-state index in [-0.39, 0.29) is 23.0 Å². The summed E-state index contributed by atoms with van der Waals surface area (Å²) in [6.07, 6.45) is 2.25. The van der Waals surface area contributed by atoms with Crippen LogP contribution in [-0.4, -0.2) is 32.6 Å². The summed E-state index contributed by atoms with van der Waals surface area (Å²) in [7, 11) is -4.05. The van der Waals surface area contributed by atoms with Crippen LogP contribution in [0.1, 0.15) is 38.2 Å². The highest BCUT2D eigenvalue weighted by Gasteiger charge is 2.24. The molecule has 0 bridgehead atoms. The summed E-state index contributed by atoms with van der Waals surface area (Å²) < 4.78 is 39.9. The molecule has 3 rings (SSSR count). The number of nitrogens with one attached hydrogen (secondary N) is 2. The van der Waals surface area contributed by atoms with E-state index >= 15 is 0 Å². The Morgan fingerprint density at radius 1 is 1.10 bits per heavy atom.